The number of nitrogens with zero attached hydrogens (tertiary/aromatic N) is 1. The summed E-state index contributed by atoms with van der Waals surface area (Å²) in [5.41, 5.74) is 8.38. The normalized spacial score (nSPS) is 12.1. The predicted molar refractivity (Wildman–Crippen MR) is 98.2 cm³/mol. The number of primary amides is 1. The molecule has 5 heteroatoms. The van der Waals surface area contributed by atoms with Gasteiger partial charge in [-0.15, -0.1) is 0 Å². The van der Waals surface area contributed by atoms with Crippen LogP contribution >= 0.6 is 11.8 Å². The van der Waals surface area contributed by atoms with Crippen molar-refractivity contribution in [2.75, 3.05) is 7.11 Å². The van der Waals surface area contributed by atoms with Gasteiger partial charge in [0.2, 0.25) is 5.91 Å². The highest BCUT2D eigenvalue weighted by Crippen LogP contribution is 2.34. The average molecular weight is 338 g/mol. The first-order chi connectivity index (χ1) is 11.6. The number of rotatable bonds is 5. The molecule has 1 atom stereocenters. The predicted octanol–water partition coefficient (Wildman–Crippen LogP) is 3.88. The van der Waals surface area contributed by atoms with Crippen LogP contribution in [0.4, 0.5) is 0 Å². The second-order valence-corrected chi connectivity index (χ2v) is 6.78. The molecule has 0 aliphatic heterocycles. The van der Waals surface area contributed by atoms with Crippen LogP contribution < -0.4 is 10.5 Å². The maximum absolute atomic E-state index is 11.4. The number of fused-ring (bicyclic) bond motifs is 1. The molecular weight excluding hydrogens is 320 g/mol. The van der Waals surface area contributed by atoms with Gasteiger partial charge in [-0.05, 0) is 36.2 Å². The molecule has 2 aromatic carbocycles. The van der Waals surface area contributed by atoms with E-state index in [0.29, 0.717) is 0 Å². The summed E-state index contributed by atoms with van der Waals surface area (Å²) in [6, 6.07) is 18.0. The van der Waals surface area contributed by atoms with Crippen LogP contribution in [0.15, 0.2) is 59.6 Å². The smallest absolute Gasteiger partial charge is 0.230 e. The molecule has 3 rings (SSSR count). The van der Waals surface area contributed by atoms with Crippen molar-refractivity contribution in [1.29, 1.82) is 0 Å². The van der Waals surface area contributed by atoms with Crippen molar-refractivity contribution in [3.8, 4) is 16.9 Å². The lowest BCUT2D eigenvalue weighted by atomic mass is 10.0. The summed E-state index contributed by atoms with van der Waals surface area (Å²) < 4.78 is 5.31. The highest BCUT2D eigenvalue weighted by Gasteiger charge is 2.14. The van der Waals surface area contributed by atoms with Crippen LogP contribution in [0.3, 0.4) is 0 Å². The van der Waals surface area contributed by atoms with Crippen molar-refractivity contribution in [3.63, 3.8) is 0 Å². The van der Waals surface area contributed by atoms with Gasteiger partial charge in [-0.3, -0.25) is 4.79 Å². The van der Waals surface area contributed by atoms with Crippen LogP contribution in [0.2, 0.25) is 0 Å². The summed E-state index contributed by atoms with van der Waals surface area (Å²) >= 11 is 1.36. The fourth-order valence-electron chi connectivity index (χ4n) is 2.47. The van der Waals surface area contributed by atoms with E-state index in [-0.39, 0.29) is 11.2 Å². The second-order valence-electron chi connectivity index (χ2n) is 5.42. The maximum Gasteiger partial charge on any atom is 0.230 e. The molecule has 0 spiro atoms. The van der Waals surface area contributed by atoms with Crippen LogP contribution in [-0.4, -0.2) is 23.3 Å². The summed E-state index contributed by atoms with van der Waals surface area (Å²) in [6.45, 7) is 1.78. The summed E-state index contributed by atoms with van der Waals surface area (Å²) in [7, 11) is 1.63. The number of amides is 1. The Bertz CT molecular complexity index is 881. The van der Waals surface area contributed by atoms with Gasteiger partial charge < -0.3 is 10.5 Å². The summed E-state index contributed by atoms with van der Waals surface area (Å²) in [6.07, 6.45) is 0. The molecule has 0 aliphatic rings. The van der Waals surface area contributed by atoms with Gasteiger partial charge in [-0.25, -0.2) is 4.98 Å². The molecular formula is C19H18N2O2S. The van der Waals surface area contributed by atoms with Gasteiger partial charge in [0.1, 0.15) is 5.75 Å². The van der Waals surface area contributed by atoms with Crippen molar-refractivity contribution >= 4 is 28.6 Å². The SMILES string of the molecule is COc1ccc2c(-c3ccccc3)cc(SC(C)C(N)=O)nc2c1. The molecule has 1 amide bonds. The third-order valence-electron chi connectivity index (χ3n) is 3.78. The summed E-state index contributed by atoms with van der Waals surface area (Å²) in [5.74, 6) is 0.396. The molecule has 0 bridgehead atoms. The van der Waals surface area contributed by atoms with E-state index < -0.39 is 0 Å². The summed E-state index contributed by atoms with van der Waals surface area (Å²) in [5, 5.41) is 1.46. The molecule has 0 saturated carbocycles. The quantitative estimate of drug-likeness (QED) is 0.717. The molecule has 4 nitrogen and oxygen atoms in total. The van der Waals surface area contributed by atoms with Crippen molar-refractivity contribution in [3.05, 3.63) is 54.6 Å². The third-order valence-corrected chi connectivity index (χ3v) is 4.81. The molecule has 24 heavy (non-hydrogen) atoms. The number of hydrogen-bond acceptors (Lipinski definition) is 4. The Morgan fingerprint density at radius 1 is 1.17 bits per heavy atom. The number of nitrogens with two attached hydrogens (primary N) is 1. The molecule has 122 valence electrons. The van der Waals surface area contributed by atoms with Crippen molar-refractivity contribution in [2.45, 2.75) is 17.2 Å². The Balaban J connectivity index is 2.18. The minimum Gasteiger partial charge on any atom is -0.497 e. The van der Waals surface area contributed by atoms with Gasteiger partial charge in [0, 0.05) is 11.5 Å². The fourth-order valence-corrected chi connectivity index (χ4v) is 3.28. The highest BCUT2D eigenvalue weighted by atomic mass is 32.2. The number of hydrogen-bond donors (Lipinski definition) is 1. The van der Waals surface area contributed by atoms with Crippen LogP contribution in [0.25, 0.3) is 22.0 Å². The number of thioether (sulfide) groups is 1. The molecule has 0 saturated heterocycles. The zero-order valence-electron chi connectivity index (χ0n) is 13.5. The molecule has 3 aromatic rings. The van der Waals surface area contributed by atoms with Crippen molar-refractivity contribution in [1.82, 2.24) is 4.98 Å². The Kier molecular flexibility index (Phi) is 4.71. The molecule has 0 radical (unpaired) electrons. The topological polar surface area (TPSA) is 65.2 Å². The minimum atomic E-state index is -0.353. The van der Waals surface area contributed by atoms with E-state index >= 15 is 0 Å². The number of pyridine rings is 1. The van der Waals surface area contributed by atoms with E-state index in [4.69, 9.17) is 10.5 Å². The number of methoxy groups -OCH3 is 1. The zero-order chi connectivity index (χ0) is 17.1. The van der Waals surface area contributed by atoms with Crippen LogP contribution in [0.1, 0.15) is 6.92 Å². The highest BCUT2D eigenvalue weighted by molar-refractivity contribution is 8.00. The largest absolute Gasteiger partial charge is 0.497 e. The van der Waals surface area contributed by atoms with Gasteiger partial charge >= 0.3 is 0 Å². The van der Waals surface area contributed by atoms with E-state index in [1.54, 1.807) is 14.0 Å². The lowest BCUT2D eigenvalue weighted by Crippen LogP contribution is -2.22. The first-order valence-electron chi connectivity index (χ1n) is 7.58. The number of carbonyl (C=O) groups excluding carboxylic acids is 1. The van der Waals surface area contributed by atoms with Crippen molar-refractivity contribution in [2.24, 2.45) is 5.73 Å². The molecule has 0 aliphatic carbocycles. The molecule has 2 N–H and O–H groups in total. The van der Waals surface area contributed by atoms with Crippen molar-refractivity contribution < 1.29 is 9.53 Å². The molecule has 1 unspecified atom stereocenters. The fraction of sp³-hybridized carbons (Fsp3) is 0.158. The summed E-state index contributed by atoms with van der Waals surface area (Å²) in [4.78, 5) is 16.0. The Labute approximate surface area is 145 Å². The zero-order valence-corrected chi connectivity index (χ0v) is 14.3. The van der Waals surface area contributed by atoms with Crippen LogP contribution in [0.5, 0.6) is 5.75 Å². The van der Waals surface area contributed by atoms with Gasteiger partial charge in [0.25, 0.3) is 0 Å². The van der Waals surface area contributed by atoms with Crippen LogP contribution in [-0.2, 0) is 4.79 Å². The standard InChI is InChI=1S/C19H18N2O2S/c1-12(19(20)22)24-18-11-16(13-6-4-3-5-7-13)15-9-8-14(23-2)10-17(15)21-18/h3-12H,1-2H3,(H2,20,22). The Hall–Kier alpha value is -2.53. The van der Waals surface area contributed by atoms with Crippen LogP contribution in [0, 0.1) is 0 Å². The Morgan fingerprint density at radius 2 is 1.92 bits per heavy atom. The second kappa shape index (κ2) is 6.93. The first kappa shape index (κ1) is 16.3. The number of carbonyl (C=O) groups is 1. The van der Waals surface area contributed by atoms with Gasteiger partial charge in [0.05, 0.1) is 22.9 Å². The van der Waals surface area contributed by atoms with E-state index in [9.17, 15) is 4.79 Å². The van der Waals surface area contributed by atoms with E-state index in [0.717, 1.165) is 32.8 Å². The number of ether oxygens (including phenoxy) is 1. The number of benzene rings is 2. The minimum absolute atomic E-state index is 0.343. The Morgan fingerprint density at radius 3 is 2.58 bits per heavy atom. The number of aromatic nitrogens is 1. The van der Waals surface area contributed by atoms with E-state index in [2.05, 4.69) is 17.1 Å². The molecule has 0 fully saturated rings. The van der Waals surface area contributed by atoms with Gasteiger partial charge in [0.15, 0.2) is 0 Å². The maximum atomic E-state index is 11.4. The monoisotopic (exact) mass is 338 g/mol. The van der Waals surface area contributed by atoms with Gasteiger partial charge in [-0.2, -0.15) is 0 Å². The van der Waals surface area contributed by atoms with E-state index in [1.165, 1.54) is 11.8 Å². The lowest BCUT2D eigenvalue weighted by molar-refractivity contribution is -0.117. The third kappa shape index (κ3) is 3.36. The molecule has 1 aromatic heterocycles. The van der Waals surface area contributed by atoms with E-state index in [1.807, 2.05) is 42.5 Å². The first-order valence-corrected chi connectivity index (χ1v) is 8.46. The average Bonchev–Trinajstić information content (AvgIpc) is 2.61. The lowest BCUT2D eigenvalue weighted by Gasteiger charge is -2.12. The van der Waals surface area contributed by atoms with Gasteiger partial charge in [-0.1, -0.05) is 42.1 Å². The molecule has 1 heterocycles.